The van der Waals surface area contributed by atoms with Gasteiger partial charge in [-0.05, 0) is 68.6 Å². The Balaban J connectivity index is 1.77. The molecule has 3 atom stereocenters. The van der Waals surface area contributed by atoms with Crippen LogP contribution in [0, 0.1) is 23.7 Å². The number of rotatable bonds is 3. The Bertz CT molecular complexity index is 356. The van der Waals surface area contributed by atoms with Crippen LogP contribution < -0.4 is 0 Å². The number of hydrogen-bond acceptors (Lipinski definition) is 1. The van der Waals surface area contributed by atoms with Crippen molar-refractivity contribution in [2.24, 2.45) is 28.7 Å². The first kappa shape index (κ1) is 9.38. The standard InChI is InChI=1S/C14H19N/c1-8(2)10-6-9(4-5-13(10)15-3)14-11-7-12(11)14/h9,11-12,14H,1,3-7H2,2H3. The second-order valence-electron chi connectivity index (χ2n) is 5.51. The summed E-state index contributed by atoms with van der Waals surface area (Å²) in [5.41, 5.74) is 3.83. The molecule has 3 rings (SSSR count). The normalized spacial score (nSPS) is 42.2. The van der Waals surface area contributed by atoms with Crippen LogP contribution in [0.1, 0.15) is 32.6 Å². The molecule has 1 heteroatoms. The van der Waals surface area contributed by atoms with Gasteiger partial charge in [0, 0.05) is 5.70 Å². The summed E-state index contributed by atoms with van der Waals surface area (Å²) in [6.45, 7) is 9.86. The highest BCUT2D eigenvalue weighted by atomic mass is 14.7. The number of fused-ring (bicyclic) bond motifs is 1. The van der Waals surface area contributed by atoms with Crippen LogP contribution in [-0.4, -0.2) is 6.72 Å². The maximum absolute atomic E-state index is 4.16. The third-order valence-corrected chi connectivity index (χ3v) is 4.56. The molecule has 0 aromatic carbocycles. The largest absolute Gasteiger partial charge is 0.269 e. The first-order valence-corrected chi connectivity index (χ1v) is 6.07. The second-order valence-corrected chi connectivity index (χ2v) is 5.51. The van der Waals surface area contributed by atoms with Crippen molar-refractivity contribution in [1.29, 1.82) is 0 Å². The average molecular weight is 201 g/mol. The molecule has 0 spiro atoms. The molecule has 15 heavy (non-hydrogen) atoms. The number of nitrogens with zero attached hydrogens (tertiary/aromatic N) is 1. The van der Waals surface area contributed by atoms with E-state index < -0.39 is 0 Å². The van der Waals surface area contributed by atoms with E-state index >= 15 is 0 Å². The van der Waals surface area contributed by atoms with Gasteiger partial charge in [-0.1, -0.05) is 12.2 Å². The zero-order chi connectivity index (χ0) is 10.6. The van der Waals surface area contributed by atoms with Crippen molar-refractivity contribution < 1.29 is 0 Å². The van der Waals surface area contributed by atoms with Gasteiger partial charge in [-0.3, -0.25) is 4.99 Å². The number of allylic oxidation sites excluding steroid dienone is 3. The third-order valence-electron chi connectivity index (χ3n) is 4.56. The van der Waals surface area contributed by atoms with Gasteiger partial charge >= 0.3 is 0 Å². The Hall–Kier alpha value is -0.850. The van der Waals surface area contributed by atoms with Crippen LogP contribution in [0.4, 0.5) is 0 Å². The molecular weight excluding hydrogens is 182 g/mol. The molecule has 3 aliphatic carbocycles. The van der Waals surface area contributed by atoms with E-state index in [4.69, 9.17) is 0 Å². The molecule has 0 saturated heterocycles. The van der Waals surface area contributed by atoms with Gasteiger partial charge < -0.3 is 0 Å². The van der Waals surface area contributed by atoms with Crippen LogP contribution >= 0.6 is 0 Å². The highest BCUT2D eigenvalue weighted by Gasteiger charge is 2.66. The van der Waals surface area contributed by atoms with Gasteiger partial charge in [0.15, 0.2) is 0 Å². The molecule has 0 N–H and O–H groups in total. The fourth-order valence-electron chi connectivity index (χ4n) is 3.41. The maximum Gasteiger partial charge on any atom is 0.0430 e. The summed E-state index contributed by atoms with van der Waals surface area (Å²) < 4.78 is 0. The van der Waals surface area contributed by atoms with E-state index in [1.807, 2.05) is 0 Å². The maximum atomic E-state index is 4.16. The van der Waals surface area contributed by atoms with Crippen LogP contribution in [0.5, 0.6) is 0 Å². The summed E-state index contributed by atoms with van der Waals surface area (Å²) >= 11 is 0. The Labute approximate surface area is 92.0 Å². The molecule has 3 aliphatic rings. The summed E-state index contributed by atoms with van der Waals surface area (Å²) in [7, 11) is 0. The van der Waals surface area contributed by atoms with E-state index in [0.717, 1.165) is 30.1 Å². The minimum atomic E-state index is 0.936. The molecule has 2 saturated carbocycles. The van der Waals surface area contributed by atoms with Gasteiger partial charge in [-0.15, -0.1) is 0 Å². The molecule has 0 aromatic heterocycles. The highest BCUT2D eigenvalue weighted by Crippen LogP contribution is 2.72. The fourth-order valence-corrected chi connectivity index (χ4v) is 3.41. The molecule has 0 amide bonds. The van der Waals surface area contributed by atoms with Crippen molar-refractivity contribution in [3.63, 3.8) is 0 Å². The molecule has 2 fully saturated rings. The summed E-state index contributed by atoms with van der Waals surface area (Å²) in [5, 5.41) is 0. The summed E-state index contributed by atoms with van der Waals surface area (Å²) in [5.74, 6) is 4.26. The van der Waals surface area contributed by atoms with Crippen molar-refractivity contribution >= 4 is 6.72 Å². The van der Waals surface area contributed by atoms with Crippen molar-refractivity contribution in [3.8, 4) is 0 Å². The van der Waals surface area contributed by atoms with E-state index in [1.165, 1.54) is 36.1 Å². The zero-order valence-corrected chi connectivity index (χ0v) is 9.50. The minimum absolute atomic E-state index is 0.936. The first-order valence-electron chi connectivity index (χ1n) is 6.07. The number of hydrogen-bond donors (Lipinski definition) is 0. The third kappa shape index (κ3) is 1.40. The molecule has 0 bridgehead atoms. The highest BCUT2D eigenvalue weighted by molar-refractivity contribution is 5.39. The van der Waals surface area contributed by atoms with Gasteiger partial charge in [0.2, 0.25) is 0 Å². The summed E-state index contributed by atoms with van der Waals surface area (Å²) in [6, 6.07) is 0. The van der Waals surface area contributed by atoms with E-state index in [-0.39, 0.29) is 0 Å². The van der Waals surface area contributed by atoms with Gasteiger partial charge in [0.05, 0.1) is 0 Å². The Morgan fingerprint density at radius 3 is 2.60 bits per heavy atom. The molecule has 3 unspecified atom stereocenters. The van der Waals surface area contributed by atoms with E-state index in [9.17, 15) is 0 Å². The summed E-state index contributed by atoms with van der Waals surface area (Å²) in [6.07, 6.45) is 5.22. The van der Waals surface area contributed by atoms with Crippen LogP contribution in [-0.2, 0) is 0 Å². The van der Waals surface area contributed by atoms with Crippen molar-refractivity contribution in [2.45, 2.75) is 32.6 Å². The average Bonchev–Trinajstić information content (AvgIpc) is 3.06. The van der Waals surface area contributed by atoms with Crippen LogP contribution in [0.25, 0.3) is 0 Å². The molecule has 0 aliphatic heterocycles. The smallest absolute Gasteiger partial charge is 0.0430 e. The zero-order valence-electron chi connectivity index (χ0n) is 9.50. The van der Waals surface area contributed by atoms with Gasteiger partial charge in [0.25, 0.3) is 0 Å². The van der Waals surface area contributed by atoms with Crippen molar-refractivity contribution in [2.75, 3.05) is 0 Å². The van der Waals surface area contributed by atoms with Crippen LogP contribution in [0.15, 0.2) is 28.4 Å². The Kier molecular flexibility index (Phi) is 1.92. The van der Waals surface area contributed by atoms with Crippen molar-refractivity contribution in [3.05, 3.63) is 23.4 Å². The van der Waals surface area contributed by atoms with E-state index in [2.05, 4.69) is 25.2 Å². The monoisotopic (exact) mass is 201 g/mol. The minimum Gasteiger partial charge on any atom is -0.269 e. The number of aliphatic imine (C=N–C) groups is 1. The Morgan fingerprint density at radius 1 is 1.40 bits per heavy atom. The second kappa shape index (κ2) is 3.07. The quantitative estimate of drug-likeness (QED) is 0.619. The van der Waals surface area contributed by atoms with Gasteiger partial charge in [-0.2, -0.15) is 0 Å². The van der Waals surface area contributed by atoms with E-state index in [1.54, 1.807) is 0 Å². The van der Waals surface area contributed by atoms with Crippen LogP contribution in [0.3, 0.4) is 0 Å². The fraction of sp³-hybridized carbons (Fsp3) is 0.643. The first-order chi connectivity index (χ1) is 7.22. The van der Waals surface area contributed by atoms with Crippen molar-refractivity contribution in [1.82, 2.24) is 0 Å². The topological polar surface area (TPSA) is 12.4 Å². The lowest BCUT2D eigenvalue weighted by molar-refractivity contribution is 0.343. The lowest BCUT2D eigenvalue weighted by Gasteiger charge is -2.27. The summed E-state index contributed by atoms with van der Waals surface area (Å²) in [4.78, 5) is 4.16. The van der Waals surface area contributed by atoms with Crippen LogP contribution in [0.2, 0.25) is 0 Å². The molecule has 0 aromatic rings. The lowest BCUT2D eigenvalue weighted by Crippen LogP contribution is -2.15. The predicted octanol–water partition coefficient (Wildman–Crippen LogP) is 3.58. The Morgan fingerprint density at radius 2 is 2.13 bits per heavy atom. The predicted molar refractivity (Wildman–Crippen MR) is 63.8 cm³/mol. The molecule has 80 valence electrons. The lowest BCUT2D eigenvalue weighted by atomic mass is 9.79. The molecular formula is C14H19N. The molecule has 1 nitrogen and oxygen atoms in total. The SMILES string of the molecule is C=NC1=C(C(=C)C)CC(C2C3CC32)CC1. The van der Waals surface area contributed by atoms with Gasteiger partial charge in [-0.25, -0.2) is 0 Å². The molecule has 0 radical (unpaired) electrons. The molecule has 0 heterocycles. The van der Waals surface area contributed by atoms with E-state index in [0.29, 0.717) is 0 Å². The van der Waals surface area contributed by atoms with Gasteiger partial charge in [0.1, 0.15) is 0 Å².